The zero-order chi connectivity index (χ0) is 98.0. The van der Waals surface area contributed by atoms with E-state index < -0.39 is 47.0 Å². The molecule has 36 nitrogen and oxygen atoms in total. The van der Waals surface area contributed by atoms with Crippen molar-refractivity contribution in [3.05, 3.63) is 182 Å². The molecule has 754 valence electrons. The first-order valence-electron chi connectivity index (χ1n) is 51.0. The number of aliphatic hydroxyl groups is 1. The van der Waals surface area contributed by atoms with E-state index in [1.807, 2.05) is 102 Å². The number of ether oxygens (including phenoxy) is 3. The van der Waals surface area contributed by atoms with Crippen LogP contribution in [0.3, 0.4) is 0 Å². The molecule has 0 radical (unpaired) electrons. The summed E-state index contributed by atoms with van der Waals surface area (Å²) < 4.78 is 16.5. The summed E-state index contributed by atoms with van der Waals surface area (Å²) in [5, 5.41) is 40.7. The van der Waals surface area contributed by atoms with Gasteiger partial charge in [-0.15, -0.1) is 0 Å². The van der Waals surface area contributed by atoms with Crippen LogP contribution >= 0.6 is 11.6 Å². The molecule has 13 aliphatic rings. The van der Waals surface area contributed by atoms with Crippen LogP contribution in [0, 0.1) is 10.1 Å². The molecule has 6 aromatic rings. The normalized spacial score (nSPS) is 21.0. The van der Waals surface area contributed by atoms with Gasteiger partial charge in [-0.2, -0.15) is 0 Å². The van der Waals surface area contributed by atoms with Crippen LogP contribution in [0.4, 0.5) is 37.1 Å². The summed E-state index contributed by atoms with van der Waals surface area (Å²) in [7, 11) is 0. The van der Waals surface area contributed by atoms with Crippen molar-refractivity contribution in [1.82, 2.24) is 74.7 Å². The van der Waals surface area contributed by atoms with Gasteiger partial charge in [-0.05, 0) is 238 Å². The first kappa shape index (κ1) is 100. The van der Waals surface area contributed by atoms with Crippen molar-refractivity contribution >= 4 is 99.7 Å². The molecule has 4 atom stereocenters. The highest BCUT2D eigenvalue weighted by molar-refractivity contribution is 6.30. The van der Waals surface area contributed by atoms with E-state index in [1.54, 1.807) is 57.2 Å². The van der Waals surface area contributed by atoms with Gasteiger partial charge >= 0.3 is 18.1 Å². The molecule has 1 unspecified atom stereocenters. The first-order chi connectivity index (χ1) is 68.5. The first-order valence-corrected chi connectivity index (χ1v) is 51.4. The average Bonchev–Trinajstić information content (AvgIpc) is 1.27. The predicted molar refractivity (Wildman–Crippen MR) is 529 cm³/mol. The van der Waals surface area contributed by atoms with Crippen molar-refractivity contribution in [2.24, 2.45) is 0 Å². The number of halogens is 1. The summed E-state index contributed by atoms with van der Waals surface area (Å²) in [6.45, 7) is 14.6. The number of aliphatic hydroxyl groups excluding tert-OH is 1. The van der Waals surface area contributed by atoms with Crippen molar-refractivity contribution in [3.8, 4) is 17.2 Å². The Labute approximate surface area is 828 Å². The minimum atomic E-state index is -1.11. The maximum atomic E-state index is 14.0. The number of amides is 14. The SMILES string of the molecule is O=C(COc1ccc(Cl)cc1)N[C@@H](CC(O)N1CCC(N2Cc3ccccc3NC2=O)CC1)C(=O)N1CCC(N2CCCCC2)CC1.O=C(N[C@@H](CC(=O)N1CCC(N2Cc3ccccc3NC2=O)CC1)C(=O)N1CCC(N2CCCCC2)CC1)c1ccc2c(c1)OCO2.O=C(N[C@@H](CC(=O)N1CCC(N2Cc3ccccc3NC2=O)CC1)C(=O)N1CCC(N2CCCCC2)CC1)c1cccc([N+](=O)[O-])c1. The maximum absolute atomic E-state index is 14.0. The highest BCUT2D eigenvalue weighted by Gasteiger charge is 2.43. The minimum absolute atomic E-state index is 0.0109. The van der Waals surface area contributed by atoms with E-state index in [9.17, 15) is 68.0 Å². The van der Waals surface area contributed by atoms with Crippen LogP contribution < -0.4 is 46.1 Å². The topological polar surface area (TPSA) is 390 Å². The van der Waals surface area contributed by atoms with E-state index in [1.165, 1.54) is 82.1 Å². The van der Waals surface area contributed by atoms with Gasteiger partial charge in [-0.25, -0.2) is 14.4 Å². The molecule has 13 heterocycles. The number of rotatable bonds is 25. The number of carbonyl (C=O) groups excluding carboxylic acids is 11. The molecule has 6 aromatic carbocycles. The second-order valence-electron chi connectivity index (χ2n) is 39.5. The summed E-state index contributed by atoms with van der Waals surface area (Å²) >= 11 is 5.96. The summed E-state index contributed by atoms with van der Waals surface area (Å²) in [6, 6.07) is 38.4. The quantitative estimate of drug-likeness (QED) is 0.0207. The fraction of sp³-hybridized carbons (Fsp3) is 0.548. The maximum Gasteiger partial charge on any atom is 0.322 e. The van der Waals surface area contributed by atoms with Gasteiger partial charge in [0.1, 0.15) is 30.1 Å². The molecule has 141 heavy (non-hydrogen) atoms. The lowest BCUT2D eigenvalue weighted by Gasteiger charge is -2.43. The highest BCUT2D eigenvalue weighted by atomic mass is 35.5. The van der Waals surface area contributed by atoms with Crippen LogP contribution in [0.25, 0.3) is 0 Å². The standard InChI is InChI=1S/C35H47ClN6O5.C35H44N6O6.C34H43N7O6/c36-26-8-10-29(11-9-26)47-24-32(43)37-31(34(45)41-20-12-27(13-21-41)39-16-4-1-5-17-39)22-33(44)40-18-14-28(15-19-40)42-23-25-6-2-3-7-30(25)38-35(42)46;42-32(39-16-12-27(13-17-39)41-22-25-6-2-3-7-28(25)37-35(41)45)21-29(36-33(43)24-8-9-30-31(20-24)47-23-46-30)34(44)40-18-10-26(11-19-40)38-14-4-1-5-15-38;42-31(38-17-13-27(14-18-38)40-23-25-7-2-3-10-29(25)36-34(40)45)22-30(35-32(43)24-8-6-9-28(21-24)41(46)47)33(44)39-19-11-26(12-20-39)37-15-4-1-5-16-37/h2-3,6-11,27-28,31,33,44H,1,4-5,12-24H2,(H,37,43)(H,38,46);2-3,6-9,20,26-27,29H,1,4-5,10-19,21-23H2,(H,36,43)(H,37,45);2-3,6-10,21,26-27,30H,1,4-5,11-20,22-23H2,(H,35,43)(H,36,45)/t31-,33?;29-;30-/m000/s1. The Hall–Kier alpha value is -12.2. The van der Waals surface area contributed by atoms with Crippen molar-refractivity contribution in [3.63, 3.8) is 0 Å². The van der Waals surface area contributed by atoms with E-state index in [-0.39, 0.29) is 110 Å². The fourth-order valence-electron chi connectivity index (χ4n) is 22.6. The number of carbonyl (C=O) groups is 11. The number of urea groups is 3. The largest absolute Gasteiger partial charge is 0.484 e. The van der Waals surface area contributed by atoms with Crippen molar-refractivity contribution in [1.29, 1.82) is 0 Å². The molecular formula is C104H134ClN19O17. The third-order valence-corrected chi connectivity index (χ3v) is 30.9. The van der Waals surface area contributed by atoms with Crippen molar-refractivity contribution in [2.75, 3.05) is 147 Å². The van der Waals surface area contributed by atoms with Crippen molar-refractivity contribution < 1.29 is 77.0 Å². The number of anilines is 3. The molecule has 14 amide bonds. The van der Waals surface area contributed by atoms with E-state index in [0.29, 0.717) is 183 Å². The predicted octanol–water partition coefficient (Wildman–Crippen LogP) is 10.9. The molecular weight excluding hydrogens is 1820 g/mol. The number of nitrogens with one attached hydrogen (secondary N) is 6. The lowest BCUT2D eigenvalue weighted by atomic mass is 9.98. The lowest BCUT2D eigenvalue weighted by Crippen LogP contribution is -2.56. The molecule has 0 aliphatic carbocycles. The van der Waals surface area contributed by atoms with E-state index >= 15 is 0 Å². The number of likely N-dealkylation sites (tertiary alicyclic amines) is 9. The molecule has 9 saturated heterocycles. The molecule has 0 aromatic heterocycles. The van der Waals surface area contributed by atoms with Crippen LogP contribution in [-0.4, -0.2) is 326 Å². The van der Waals surface area contributed by atoms with Crippen LogP contribution in [0.15, 0.2) is 140 Å². The number of nitrogens with zero attached hydrogens (tertiary/aromatic N) is 13. The number of hydrogen-bond acceptors (Lipinski definition) is 21. The fourth-order valence-corrected chi connectivity index (χ4v) is 22.7. The summed E-state index contributed by atoms with van der Waals surface area (Å²) in [5.74, 6) is -1.09. The van der Waals surface area contributed by atoms with Gasteiger partial charge in [0.15, 0.2) is 18.1 Å². The zero-order valence-electron chi connectivity index (χ0n) is 80.5. The number of non-ortho nitro benzene ring substituents is 1. The number of nitro benzene ring substituents is 1. The third kappa shape index (κ3) is 25.6. The number of benzene rings is 6. The molecule has 0 saturated carbocycles. The third-order valence-electron chi connectivity index (χ3n) is 30.7. The lowest BCUT2D eigenvalue weighted by molar-refractivity contribution is -0.384. The highest BCUT2D eigenvalue weighted by Crippen LogP contribution is 2.37. The smallest absolute Gasteiger partial charge is 0.322 e. The summed E-state index contributed by atoms with van der Waals surface area (Å²) in [4.78, 5) is 182. The Morgan fingerprint density at radius 2 is 0.780 bits per heavy atom. The number of para-hydroxylation sites is 3. The Morgan fingerprint density at radius 1 is 0.411 bits per heavy atom. The van der Waals surface area contributed by atoms with Gasteiger partial charge in [0, 0.05) is 186 Å². The number of hydrogen-bond donors (Lipinski definition) is 7. The van der Waals surface area contributed by atoms with Gasteiger partial charge in [0.2, 0.25) is 36.3 Å². The second kappa shape index (κ2) is 47.6. The molecule has 37 heteroatoms. The molecule has 9 fully saturated rings. The van der Waals surface area contributed by atoms with E-state index in [2.05, 4.69) is 46.6 Å². The van der Waals surface area contributed by atoms with Crippen LogP contribution in [0.5, 0.6) is 17.2 Å². The number of nitro groups is 1. The monoisotopic (exact) mass is 1960 g/mol. The Morgan fingerprint density at radius 3 is 1.19 bits per heavy atom. The summed E-state index contributed by atoms with van der Waals surface area (Å²) in [6.07, 6.45) is 19.2. The molecule has 0 spiro atoms. The Bertz CT molecular complexity index is 5400. The second-order valence-corrected chi connectivity index (χ2v) is 39.9. The molecule has 0 bridgehead atoms. The van der Waals surface area contributed by atoms with Gasteiger partial charge in [-0.1, -0.05) is 91.5 Å². The van der Waals surface area contributed by atoms with Crippen LogP contribution in [0.1, 0.15) is 192 Å². The average molecular weight is 1960 g/mol. The summed E-state index contributed by atoms with van der Waals surface area (Å²) in [5.41, 5.74) is 5.89. The van der Waals surface area contributed by atoms with Crippen LogP contribution in [-0.2, 0) is 48.4 Å². The van der Waals surface area contributed by atoms with E-state index in [4.69, 9.17) is 25.8 Å². The zero-order valence-corrected chi connectivity index (χ0v) is 81.2. The van der Waals surface area contributed by atoms with Gasteiger partial charge in [0.25, 0.3) is 23.4 Å². The Kier molecular flexibility index (Phi) is 33.8. The Balaban J connectivity index is 0.000000146. The minimum Gasteiger partial charge on any atom is -0.484 e. The number of piperidine rings is 9. The van der Waals surface area contributed by atoms with Gasteiger partial charge in [-0.3, -0.25) is 53.4 Å². The van der Waals surface area contributed by atoms with Crippen molar-refractivity contribution in [2.45, 2.75) is 234 Å². The van der Waals surface area contributed by atoms with E-state index in [0.717, 1.165) is 112 Å². The van der Waals surface area contributed by atoms with Gasteiger partial charge in [0.05, 0.1) is 17.8 Å². The molecule has 19 rings (SSSR count). The number of fused-ring (bicyclic) bond motifs is 4. The van der Waals surface area contributed by atoms with Crippen LogP contribution in [0.2, 0.25) is 5.02 Å². The van der Waals surface area contributed by atoms with Gasteiger partial charge < -0.3 is 105 Å². The molecule has 7 N–H and O–H groups in total. The molecule has 13 aliphatic heterocycles.